The van der Waals surface area contributed by atoms with Crippen LogP contribution in [-0.2, 0) is 9.59 Å². The van der Waals surface area contributed by atoms with Gasteiger partial charge in [0.15, 0.2) is 0 Å². The minimum absolute atomic E-state index is 0.186. The fraction of sp³-hybridized carbons (Fsp3) is 0.500. The number of hydrogen-bond donors (Lipinski definition) is 1. The van der Waals surface area contributed by atoms with Gasteiger partial charge in [0, 0.05) is 45.0 Å². The monoisotopic (exact) mass is 480 g/mol. The number of nitriles is 1. The molecular formula is C26H33FN6O2. The summed E-state index contributed by atoms with van der Waals surface area (Å²) in [5.41, 5.74) is 2.45. The molecule has 1 N–H and O–H groups in total. The van der Waals surface area contributed by atoms with Crippen LogP contribution in [0.2, 0.25) is 0 Å². The normalized spacial score (nSPS) is 17.3. The van der Waals surface area contributed by atoms with Crippen molar-refractivity contribution in [2.75, 3.05) is 57.7 Å². The Morgan fingerprint density at radius 3 is 2.29 bits per heavy atom. The number of benzene rings is 1. The maximum absolute atomic E-state index is 13.9. The van der Waals surface area contributed by atoms with Crippen molar-refractivity contribution in [1.29, 1.82) is 5.26 Å². The first kappa shape index (κ1) is 24.9. The SMILES string of the molecule is Cc1c(C#N)c(NC(=O)CN2CCN(CC(=O)N3CCCCC3)CC2)n(-c2cccc(F)c2)c1C. The van der Waals surface area contributed by atoms with Crippen LogP contribution in [-0.4, -0.2) is 83.4 Å². The molecule has 0 radical (unpaired) electrons. The molecule has 2 aliphatic heterocycles. The Labute approximate surface area is 205 Å². The second-order valence-electron chi connectivity index (χ2n) is 9.40. The highest BCUT2D eigenvalue weighted by atomic mass is 19.1. The summed E-state index contributed by atoms with van der Waals surface area (Å²) >= 11 is 0. The summed E-state index contributed by atoms with van der Waals surface area (Å²) in [6.45, 7) is 8.85. The summed E-state index contributed by atoms with van der Waals surface area (Å²) in [6.07, 6.45) is 3.38. The van der Waals surface area contributed by atoms with E-state index < -0.39 is 0 Å². The highest BCUT2D eigenvalue weighted by molar-refractivity contribution is 5.93. The predicted octanol–water partition coefficient (Wildman–Crippen LogP) is 2.67. The Morgan fingerprint density at radius 1 is 1.00 bits per heavy atom. The summed E-state index contributed by atoms with van der Waals surface area (Å²) in [5.74, 6) is -0.0530. The van der Waals surface area contributed by atoms with E-state index >= 15 is 0 Å². The number of anilines is 1. The highest BCUT2D eigenvalue weighted by Gasteiger charge is 2.25. The molecule has 1 aromatic carbocycles. The number of rotatable bonds is 6. The lowest BCUT2D eigenvalue weighted by Gasteiger charge is -2.35. The van der Waals surface area contributed by atoms with Crippen LogP contribution >= 0.6 is 0 Å². The first-order chi connectivity index (χ1) is 16.9. The van der Waals surface area contributed by atoms with E-state index in [9.17, 15) is 19.2 Å². The minimum Gasteiger partial charge on any atom is -0.342 e. The Hall–Kier alpha value is -3.22. The van der Waals surface area contributed by atoms with E-state index in [4.69, 9.17) is 0 Å². The van der Waals surface area contributed by atoms with Crippen LogP contribution in [0.25, 0.3) is 5.69 Å². The van der Waals surface area contributed by atoms with Crippen molar-refractivity contribution in [3.63, 3.8) is 0 Å². The highest BCUT2D eigenvalue weighted by Crippen LogP contribution is 2.30. The minimum atomic E-state index is -0.388. The van der Waals surface area contributed by atoms with E-state index in [2.05, 4.69) is 21.2 Å². The molecule has 0 atom stereocenters. The average Bonchev–Trinajstić information content (AvgIpc) is 3.09. The zero-order valence-electron chi connectivity index (χ0n) is 20.5. The molecule has 35 heavy (non-hydrogen) atoms. The van der Waals surface area contributed by atoms with Gasteiger partial charge in [-0.3, -0.25) is 24.0 Å². The number of likely N-dealkylation sites (tertiary alicyclic amines) is 1. The smallest absolute Gasteiger partial charge is 0.239 e. The lowest BCUT2D eigenvalue weighted by atomic mass is 10.1. The number of carbonyl (C=O) groups is 2. The number of nitrogens with zero attached hydrogens (tertiary/aromatic N) is 5. The van der Waals surface area contributed by atoms with Crippen LogP contribution in [0, 0.1) is 31.0 Å². The van der Waals surface area contributed by atoms with Gasteiger partial charge >= 0.3 is 0 Å². The Bertz CT molecular complexity index is 1120. The quantitative estimate of drug-likeness (QED) is 0.687. The van der Waals surface area contributed by atoms with E-state index in [0.29, 0.717) is 36.7 Å². The van der Waals surface area contributed by atoms with Gasteiger partial charge in [0.25, 0.3) is 0 Å². The van der Waals surface area contributed by atoms with E-state index in [0.717, 1.165) is 50.3 Å². The van der Waals surface area contributed by atoms with Crippen molar-refractivity contribution in [3.8, 4) is 11.8 Å². The summed E-state index contributed by atoms with van der Waals surface area (Å²) in [4.78, 5) is 31.7. The van der Waals surface area contributed by atoms with E-state index in [1.165, 1.54) is 18.6 Å². The zero-order chi connectivity index (χ0) is 24.9. The van der Waals surface area contributed by atoms with E-state index in [-0.39, 0.29) is 24.2 Å². The van der Waals surface area contributed by atoms with Gasteiger partial charge in [0.05, 0.1) is 24.3 Å². The molecule has 0 unspecified atom stereocenters. The van der Waals surface area contributed by atoms with Gasteiger partial charge in [0.1, 0.15) is 17.7 Å². The van der Waals surface area contributed by atoms with Crippen molar-refractivity contribution in [2.24, 2.45) is 0 Å². The van der Waals surface area contributed by atoms with Crippen molar-refractivity contribution in [1.82, 2.24) is 19.3 Å². The summed E-state index contributed by atoms with van der Waals surface area (Å²) in [5, 5.41) is 12.6. The lowest BCUT2D eigenvalue weighted by molar-refractivity contribution is -0.134. The number of halogens is 1. The maximum atomic E-state index is 13.9. The largest absolute Gasteiger partial charge is 0.342 e. The molecule has 2 saturated heterocycles. The molecule has 0 spiro atoms. The second-order valence-corrected chi connectivity index (χ2v) is 9.40. The second kappa shape index (κ2) is 11.0. The number of amides is 2. The molecule has 2 aromatic rings. The molecule has 0 saturated carbocycles. The Kier molecular flexibility index (Phi) is 7.83. The van der Waals surface area contributed by atoms with Crippen molar-refractivity contribution >= 4 is 17.6 Å². The van der Waals surface area contributed by atoms with Crippen LogP contribution in [0.15, 0.2) is 24.3 Å². The number of piperazine rings is 1. The molecule has 2 fully saturated rings. The predicted molar refractivity (Wildman–Crippen MR) is 132 cm³/mol. The number of carbonyl (C=O) groups excluding carboxylic acids is 2. The first-order valence-corrected chi connectivity index (χ1v) is 12.3. The van der Waals surface area contributed by atoms with Gasteiger partial charge in [-0.25, -0.2) is 4.39 Å². The molecule has 1 aromatic heterocycles. The molecule has 9 heteroatoms. The van der Waals surface area contributed by atoms with Gasteiger partial charge in [-0.05, 0) is 56.9 Å². The standard InChI is InChI=1S/C26H33FN6O2/c1-19-20(2)33(22-8-6-7-21(27)15-22)26(23(19)16-28)29-24(34)17-30-11-13-31(14-12-30)18-25(35)32-9-4-3-5-10-32/h6-8,15H,3-5,9-14,17-18H2,1-2H3,(H,29,34). The molecule has 186 valence electrons. The van der Waals surface area contributed by atoms with Crippen LogP contribution in [0.5, 0.6) is 0 Å². The van der Waals surface area contributed by atoms with Crippen molar-refractivity contribution in [3.05, 3.63) is 46.9 Å². The average molecular weight is 481 g/mol. The number of hydrogen-bond acceptors (Lipinski definition) is 5. The van der Waals surface area contributed by atoms with Crippen LogP contribution < -0.4 is 5.32 Å². The number of nitrogens with one attached hydrogen (secondary N) is 1. The molecule has 4 rings (SSSR count). The summed E-state index contributed by atoms with van der Waals surface area (Å²) in [7, 11) is 0. The Morgan fingerprint density at radius 2 is 1.66 bits per heavy atom. The van der Waals surface area contributed by atoms with Crippen molar-refractivity contribution in [2.45, 2.75) is 33.1 Å². The van der Waals surface area contributed by atoms with Gasteiger partial charge in [0.2, 0.25) is 11.8 Å². The molecule has 2 aliphatic rings. The number of piperidine rings is 1. The molecule has 3 heterocycles. The van der Waals surface area contributed by atoms with Gasteiger partial charge in [-0.2, -0.15) is 5.26 Å². The topological polar surface area (TPSA) is 84.6 Å². The van der Waals surface area contributed by atoms with Crippen LogP contribution in [0.1, 0.15) is 36.1 Å². The summed E-state index contributed by atoms with van der Waals surface area (Å²) in [6, 6.07) is 8.28. The molecule has 8 nitrogen and oxygen atoms in total. The third kappa shape index (κ3) is 5.72. The van der Waals surface area contributed by atoms with Crippen LogP contribution in [0.4, 0.5) is 10.2 Å². The third-order valence-corrected chi connectivity index (χ3v) is 7.05. The number of aromatic nitrogens is 1. The molecule has 0 bridgehead atoms. The Balaban J connectivity index is 1.37. The summed E-state index contributed by atoms with van der Waals surface area (Å²) < 4.78 is 15.6. The zero-order valence-corrected chi connectivity index (χ0v) is 20.5. The van der Waals surface area contributed by atoms with E-state index in [1.54, 1.807) is 16.7 Å². The first-order valence-electron chi connectivity index (χ1n) is 12.3. The molecule has 2 amide bonds. The van der Waals surface area contributed by atoms with Crippen molar-refractivity contribution < 1.29 is 14.0 Å². The van der Waals surface area contributed by atoms with Gasteiger partial charge < -0.3 is 10.2 Å². The molecular weight excluding hydrogens is 447 g/mol. The maximum Gasteiger partial charge on any atom is 0.239 e. The molecule has 0 aliphatic carbocycles. The van der Waals surface area contributed by atoms with Gasteiger partial charge in [-0.1, -0.05) is 6.07 Å². The van der Waals surface area contributed by atoms with Gasteiger partial charge in [-0.15, -0.1) is 0 Å². The fourth-order valence-corrected chi connectivity index (χ4v) is 4.91. The lowest BCUT2D eigenvalue weighted by Crippen LogP contribution is -2.51. The van der Waals surface area contributed by atoms with E-state index in [1.807, 2.05) is 18.7 Å². The third-order valence-electron chi connectivity index (χ3n) is 7.05. The fourth-order valence-electron chi connectivity index (χ4n) is 4.91. The van der Waals surface area contributed by atoms with Crippen LogP contribution in [0.3, 0.4) is 0 Å².